The van der Waals surface area contributed by atoms with E-state index in [-0.39, 0.29) is 23.2 Å². The summed E-state index contributed by atoms with van der Waals surface area (Å²) in [7, 11) is 0. The standard InChI is InChI=1S/C26H28FN5O3/c1-15(33)31-8-6-30(7-9-31)14-22-23(24(28)34)29-25-20-12-16(4-5-26(2,3)35)21(27)13-19(20)17-10-18(11-17)32(22)25/h10,12-13,18,35H,6-9,11,14H2,1-3H3,(H2,28,34). The molecular formula is C26H28FN5O3. The van der Waals surface area contributed by atoms with Gasteiger partial charge >= 0.3 is 0 Å². The van der Waals surface area contributed by atoms with E-state index >= 15 is 0 Å². The number of halogens is 1. The number of piperazine rings is 1. The van der Waals surface area contributed by atoms with Crippen LogP contribution in [0.15, 0.2) is 18.2 Å². The Morgan fingerprint density at radius 2 is 1.91 bits per heavy atom. The highest BCUT2D eigenvalue weighted by Crippen LogP contribution is 2.48. The smallest absolute Gasteiger partial charge is 0.269 e. The zero-order chi connectivity index (χ0) is 25.1. The summed E-state index contributed by atoms with van der Waals surface area (Å²) in [5.74, 6) is 4.94. The number of nitrogens with two attached hydrogens (primary N) is 1. The molecule has 0 saturated carbocycles. The summed E-state index contributed by atoms with van der Waals surface area (Å²) in [5.41, 5.74) is 8.02. The first-order valence-electron chi connectivity index (χ1n) is 11.7. The molecule has 1 aromatic carbocycles. The van der Waals surface area contributed by atoms with Crippen LogP contribution in [-0.4, -0.2) is 68.1 Å². The van der Waals surface area contributed by atoms with E-state index in [0.29, 0.717) is 50.5 Å². The van der Waals surface area contributed by atoms with E-state index in [1.165, 1.54) is 19.9 Å². The van der Waals surface area contributed by atoms with Gasteiger partial charge in [0.25, 0.3) is 5.91 Å². The summed E-state index contributed by atoms with van der Waals surface area (Å²) in [6, 6.07) is 3.10. The summed E-state index contributed by atoms with van der Waals surface area (Å²) in [4.78, 5) is 32.8. The van der Waals surface area contributed by atoms with Crippen molar-refractivity contribution in [2.24, 2.45) is 5.73 Å². The number of imidazole rings is 1. The van der Waals surface area contributed by atoms with Crippen molar-refractivity contribution >= 4 is 17.4 Å². The van der Waals surface area contributed by atoms with Crippen molar-refractivity contribution in [3.05, 3.63) is 46.5 Å². The van der Waals surface area contributed by atoms with Crippen LogP contribution >= 0.6 is 0 Å². The maximum Gasteiger partial charge on any atom is 0.269 e. The molecule has 6 rings (SSSR count). The number of aromatic nitrogens is 2. The van der Waals surface area contributed by atoms with E-state index in [2.05, 4.69) is 27.8 Å². The fraction of sp³-hybridized carbons (Fsp3) is 0.423. The fourth-order valence-electron chi connectivity index (χ4n) is 4.92. The third-order valence-corrected chi connectivity index (χ3v) is 6.79. The lowest BCUT2D eigenvalue weighted by Gasteiger charge is -2.35. The molecule has 8 nitrogen and oxygen atoms in total. The van der Waals surface area contributed by atoms with Gasteiger partial charge in [0.05, 0.1) is 17.3 Å². The second-order valence-electron chi connectivity index (χ2n) is 9.90. The fourth-order valence-corrected chi connectivity index (χ4v) is 4.92. The van der Waals surface area contributed by atoms with Gasteiger partial charge < -0.3 is 20.3 Å². The quantitative estimate of drug-likeness (QED) is 0.658. The normalized spacial score (nSPS) is 18.9. The van der Waals surface area contributed by atoms with Crippen LogP contribution in [0.25, 0.3) is 17.0 Å². The van der Waals surface area contributed by atoms with E-state index < -0.39 is 17.3 Å². The first-order valence-corrected chi connectivity index (χ1v) is 11.7. The van der Waals surface area contributed by atoms with E-state index in [1.807, 2.05) is 9.47 Å². The van der Waals surface area contributed by atoms with E-state index in [0.717, 1.165) is 16.8 Å². The zero-order valence-electron chi connectivity index (χ0n) is 20.1. The molecule has 1 unspecified atom stereocenters. The number of nitrogens with zero attached hydrogens (tertiary/aromatic N) is 4. The molecule has 0 spiro atoms. The predicted molar refractivity (Wildman–Crippen MR) is 128 cm³/mol. The molecule has 1 aliphatic carbocycles. The Morgan fingerprint density at radius 3 is 2.51 bits per heavy atom. The summed E-state index contributed by atoms with van der Waals surface area (Å²) in [6.45, 7) is 7.73. The molecule has 2 amide bonds. The number of hydrogen-bond donors (Lipinski definition) is 2. The molecule has 4 aliphatic rings. The topological polar surface area (TPSA) is 105 Å². The third-order valence-electron chi connectivity index (χ3n) is 6.79. The third kappa shape index (κ3) is 4.24. The van der Waals surface area contributed by atoms with Crippen LogP contribution in [0.2, 0.25) is 0 Å². The average Bonchev–Trinajstić information content (AvgIpc) is 2.98. The van der Waals surface area contributed by atoms with Crippen LogP contribution in [0.3, 0.4) is 0 Å². The molecule has 2 bridgehead atoms. The number of hydrogen-bond acceptors (Lipinski definition) is 5. The lowest BCUT2D eigenvalue weighted by Crippen LogP contribution is -2.48. The number of aliphatic hydroxyl groups is 1. The molecule has 3 N–H and O–H groups in total. The first-order chi connectivity index (χ1) is 16.5. The molecular weight excluding hydrogens is 449 g/mol. The largest absolute Gasteiger partial charge is 0.378 e. The monoisotopic (exact) mass is 477 g/mol. The Bertz CT molecular complexity index is 1330. The summed E-state index contributed by atoms with van der Waals surface area (Å²) < 4.78 is 17.0. The van der Waals surface area contributed by atoms with Crippen LogP contribution in [0.1, 0.15) is 60.5 Å². The number of benzene rings is 1. The molecule has 0 radical (unpaired) electrons. The number of carbonyl (C=O) groups excluding carboxylic acids is 2. The minimum atomic E-state index is -1.26. The van der Waals surface area contributed by atoms with Gasteiger partial charge in [0.2, 0.25) is 5.91 Å². The molecule has 1 atom stereocenters. The number of amides is 2. The van der Waals surface area contributed by atoms with E-state index in [1.54, 1.807) is 13.0 Å². The highest BCUT2D eigenvalue weighted by atomic mass is 19.1. The number of rotatable bonds is 3. The van der Waals surface area contributed by atoms with Gasteiger partial charge in [-0.1, -0.05) is 17.9 Å². The zero-order valence-corrected chi connectivity index (χ0v) is 20.1. The SMILES string of the molecule is CC(=O)N1CCN(Cc2c(C(N)=O)nc3n2C2C=C(C2)c2cc(F)c(C#CC(C)(C)O)cc2-3)CC1. The number of carbonyl (C=O) groups is 2. The Balaban J connectivity index is 1.58. The molecule has 1 fully saturated rings. The Hall–Kier alpha value is -3.48. The van der Waals surface area contributed by atoms with Gasteiger partial charge in [-0.25, -0.2) is 9.37 Å². The maximum absolute atomic E-state index is 14.9. The van der Waals surface area contributed by atoms with Gasteiger partial charge in [-0.2, -0.15) is 0 Å². The number of allylic oxidation sites excluding steroid dienone is 2. The second-order valence-corrected chi connectivity index (χ2v) is 9.90. The second kappa shape index (κ2) is 8.33. The molecule has 3 aliphatic heterocycles. The van der Waals surface area contributed by atoms with Gasteiger partial charge in [0.15, 0.2) is 5.69 Å². The lowest BCUT2D eigenvalue weighted by molar-refractivity contribution is -0.130. The minimum absolute atomic E-state index is 0.00419. The molecule has 35 heavy (non-hydrogen) atoms. The van der Waals surface area contributed by atoms with Crippen LogP contribution in [0, 0.1) is 17.7 Å². The highest BCUT2D eigenvalue weighted by Gasteiger charge is 2.36. The van der Waals surface area contributed by atoms with Crippen molar-refractivity contribution < 1.29 is 19.1 Å². The van der Waals surface area contributed by atoms with Crippen LogP contribution in [0.4, 0.5) is 4.39 Å². The van der Waals surface area contributed by atoms with Crippen molar-refractivity contribution in [3.63, 3.8) is 0 Å². The van der Waals surface area contributed by atoms with Crippen molar-refractivity contribution in [3.8, 4) is 23.2 Å². The predicted octanol–water partition coefficient (Wildman–Crippen LogP) is 1.92. The minimum Gasteiger partial charge on any atom is -0.378 e. The molecule has 182 valence electrons. The maximum atomic E-state index is 14.9. The molecule has 1 saturated heterocycles. The van der Waals surface area contributed by atoms with Crippen molar-refractivity contribution in [2.75, 3.05) is 26.2 Å². The van der Waals surface area contributed by atoms with Crippen molar-refractivity contribution in [1.82, 2.24) is 19.4 Å². The molecule has 9 heteroatoms. The van der Waals surface area contributed by atoms with E-state index in [4.69, 9.17) is 5.73 Å². The van der Waals surface area contributed by atoms with Gasteiger partial charge in [-0.05, 0) is 43.5 Å². The van der Waals surface area contributed by atoms with Gasteiger partial charge in [-0.3, -0.25) is 14.5 Å². The van der Waals surface area contributed by atoms with Gasteiger partial charge in [-0.15, -0.1) is 0 Å². The van der Waals surface area contributed by atoms with Crippen LogP contribution in [0.5, 0.6) is 0 Å². The Labute approximate surface area is 203 Å². The van der Waals surface area contributed by atoms with Crippen LogP contribution < -0.4 is 5.73 Å². The lowest BCUT2D eigenvalue weighted by atomic mass is 9.86. The molecule has 4 heterocycles. The van der Waals surface area contributed by atoms with Crippen LogP contribution in [-0.2, 0) is 11.3 Å². The number of primary amides is 1. The molecule has 1 aromatic heterocycles. The van der Waals surface area contributed by atoms with Crippen molar-refractivity contribution in [2.45, 2.75) is 45.4 Å². The van der Waals surface area contributed by atoms with Crippen molar-refractivity contribution in [1.29, 1.82) is 0 Å². The Kier molecular flexibility index (Phi) is 5.54. The molecule has 2 aromatic rings. The first kappa shape index (κ1) is 23.3. The summed E-state index contributed by atoms with van der Waals surface area (Å²) in [6.07, 6.45) is 2.77. The summed E-state index contributed by atoms with van der Waals surface area (Å²) in [5, 5.41) is 9.96. The van der Waals surface area contributed by atoms with Gasteiger partial charge in [0, 0.05) is 45.2 Å². The highest BCUT2D eigenvalue weighted by molar-refractivity contribution is 5.94. The summed E-state index contributed by atoms with van der Waals surface area (Å²) >= 11 is 0. The van der Waals surface area contributed by atoms with E-state index in [9.17, 15) is 19.1 Å². The Morgan fingerprint density at radius 1 is 1.23 bits per heavy atom. The van der Waals surface area contributed by atoms with Gasteiger partial charge in [0.1, 0.15) is 17.2 Å². The average molecular weight is 478 g/mol.